The molecular formula is C29H41N5S. The molecule has 1 fully saturated rings. The smallest absolute Gasteiger partial charge is 0.131 e. The molecule has 2 N–H and O–H groups in total. The highest BCUT2D eigenvalue weighted by Gasteiger charge is 2.37. The van der Waals surface area contributed by atoms with Crippen molar-refractivity contribution in [3.05, 3.63) is 59.2 Å². The third kappa shape index (κ3) is 6.75. The molecule has 4 rings (SSSR count). The van der Waals surface area contributed by atoms with Crippen LogP contribution in [0.5, 0.6) is 0 Å². The first-order valence-electron chi connectivity index (χ1n) is 13.1. The first kappa shape index (κ1) is 25.9. The Morgan fingerprint density at radius 2 is 2.06 bits per heavy atom. The van der Waals surface area contributed by atoms with Gasteiger partial charge in [0.05, 0.1) is 12.4 Å². The van der Waals surface area contributed by atoms with Gasteiger partial charge < -0.3 is 10.6 Å². The molecule has 1 atom stereocenters. The lowest BCUT2D eigenvalue weighted by Gasteiger charge is -2.45. The van der Waals surface area contributed by atoms with Gasteiger partial charge in [0.1, 0.15) is 5.84 Å². The summed E-state index contributed by atoms with van der Waals surface area (Å²) in [7, 11) is 0. The largest absolute Gasteiger partial charge is 0.368 e. The minimum absolute atomic E-state index is 0.152. The molecule has 2 aromatic rings. The number of amidine groups is 1. The molecule has 1 aliphatic heterocycles. The van der Waals surface area contributed by atoms with E-state index in [2.05, 4.69) is 84.4 Å². The van der Waals surface area contributed by atoms with Gasteiger partial charge in [-0.2, -0.15) is 0 Å². The molecule has 2 aliphatic rings. The minimum Gasteiger partial charge on any atom is -0.368 e. The van der Waals surface area contributed by atoms with Crippen molar-refractivity contribution in [1.82, 2.24) is 15.5 Å². The van der Waals surface area contributed by atoms with E-state index in [9.17, 15) is 0 Å². The number of nitrogens with one attached hydrogen (secondary N) is 2. The van der Waals surface area contributed by atoms with Crippen LogP contribution >= 0.6 is 11.8 Å². The van der Waals surface area contributed by atoms with Crippen LogP contribution in [0.25, 0.3) is 0 Å². The van der Waals surface area contributed by atoms with Crippen LogP contribution in [0.15, 0.2) is 57.3 Å². The quantitative estimate of drug-likeness (QED) is 0.319. The molecule has 0 saturated heterocycles. The van der Waals surface area contributed by atoms with Gasteiger partial charge in [0.15, 0.2) is 0 Å². The highest BCUT2D eigenvalue weighted by molar-refractivity contribution is 7.99. The molecular weight excluding hydrogens is 450 g/mol. The Labute approximate surface area is 215 Å². The topological polar surface area (TPSA) is 52.0 Å². The van der Waals surface area contributed by atoms with Crippen LogP contribution in [0.4, 0.5) is 5.69 Å². The van der Waals surface area contributed by atoms with Gasteiger partial charge in [0.2, 0.25) is 0 Å². The number of rotatable bonds is 10. The fourth-order valence-electron chi connectivity index (χ4n) is 5.14. The highest BCUT2D eigenvalue weighted by Crippen LogP contribution is 2.32. The maximum atomic E-state index is 5.17. The fraction of sp³-hybridized carbons (Fsp3) is 0.517. The first-order chi connectivity index (χ1) is 17.0. The number of thioether (sulfide) groups is 1. The number of benzene rings is 2. The van der Waals surface area contributed by atoms with Crippen LogP contribution in [0, 0.1) is 6.92 Å². The second kappa shape index (κ2) is 12.2. The van der Waals surface area contributed by atoms with Crippen molar-refractivity contribution in [2.75, 3.05) is 25.5 Å². The second-order valence-corrected chi connectivity index (χ2v) is 11.3. The van der Waals surface area contributed by atoms with Crippen molar-refractivity contribution in [1.29, 1.82) is 0 Å². The summed E-state index contributed by atoms with van der Waals surface area (Å²) in [6, 6.07) is 15.6. The van der Waals surface area contributed by atoms with Gasteiger partial charge in [-0.25, -0.2) is 0 Å². The normalized spacial score (nSPS) is 18.8. The monoisotopic (exact) mass is 491 g/mol. The standard InChI is InChI=1S/C29H41N5S/c1-5-9-23(3)33-29(14-8-15-29)20-31-28(25-18-22(2)12-13-26(25)30-4)32-21-34-16-17-35-27-11-7-6-10-24(27)19-34/h6-7,10-13,18,23,33H,4-5,8-9,14-17,19-21H2,1-3H3,(H,31,32). The molecule has 0 spiro atoms. The Morgan fingerprint density at radius 1 is 1.23 bits per heavy atom. The number of fused-ring (bicyclic) bond motifs is 1. The Hall–Kier alpha value is -2.15. The fourth-order valence-corrected chi connectivity index (χ4v) is 6.20. The Balaban J connectivity index is 1.55. The SMILES string of the molecule is C=Nc1ccc(C)cc1/C(=N\CN1CCSc2ccccc2C1)NCC1(NC(C)CCC)CCC1. The molecule has 0 radical (unpaired) electrons. The van der Waals surface area contributed by atoms with E-state index in [1.807, 2.05) is 17.8 Å². The lowest BCUT2D eigenvalue weighted by atomic mass is 9.76. The van der Waals surface area contributed by atoms with Gasteiger partial charge in [-0.1, -0.05) is 43.2 Å². The van der Waals surface area contributed by atoms with E-state index in [1.165, 1.54) is 48.1 Å². The van der Waals surface area contributed by atoms with E-state index >= 15 is 0 Å². The predicted octanol–water partition coefficient (Wildman–Crippen LogP) is 5.93. The summed E-state index contributed by atoms with van der Waals surface area (Å²) >= 11 is 1.95. The number of aliphatic imine (C=N–C) groups is 2. The number of hydrogen-bond acceptors (Lipinski definition) is 5. The number of aryl methyl sites for hydroxylation is 1. The lowest BCUT2D eigenvalue weighted by molar-refractivity contribution is 0.166. The zero-order chi connectivity index (χ0) is 24.7. The molecule has 0 amide bonds. The van der Waals surface area contributed by atoms with Gasteiger partial charge in [0.25, 0.3) is 0 Å². The molecule has 6 heteroatoms. The summed E-state index contributed by atoms with van der Waals surface area (Å²) in [5.41, 5.74) is 4.68. The van der Waals surface area contributed by atoms with Crippen molar-refractivity contribution >= 4 is 30.0 Å². The second-order valence-electron chi connectivity index (χ2n) is 10.2. The maximum absolute atomic E-state index is 5.17. The minimum atomic E-state index is 0.152. The van der Waals surface area contributed by atoms with Gasteiger partial charge >= 0.3 is 0 Å². The Morgan fingerprint density at radius 3 is 2.80 bits per heavy atom. The van der Waals surface area contributed by atoms with Crippen molar-refractivity contribution in [3.63, 3.8) is 0 Å². The molecule has 35 heavy (non-hydrogen) atoms. The molecule has 0 bridgehead atoms. The van der Waals surface area contributed by atoms with Crippen molar-refractivity contribution < 1.29 is 0 Å². The molecule has 1 unspecified atom stereocenters. The van der Waals surface area contributed by atoms with E-state index < -0.39 is 0 Å². The average molecular weight is 492 g/mol. The Bertz CT molecular complexity index is 1030. The van der Waals surface area contributed by atoms with Crippen molar-refractivity contribution in [2.24, 2.45) is 9.98 Å². The maximum Gasteiger partial charge on any atom is 0.131 e. The summed E-state index contributed by atoms with van der Waals surface area (Å²) in [6.45, 7) is 14.0. The molecule has 1 aliphatic carbocycles. The summed E-state index contributed by atoms with van der Waals surface area (Å²) in [4.78, 5) is 13.3. The zero-order valence-corrected chi connectivity index (χ0v) is 22.5. The molecule has 1 saturated carbocycles. The van der Waals surface area contributed by atoms with Crippen LogP contribution in [0.2, 0.25) is 0 Å². The van der Waals surface area contributed by atoms with E-state index in [0.29, 0.717) is 12.7 Å². The summed E-state index contributed by atoms with van der Waals surface area (Å²) < 4.78 is 0. The van der Waals surface area contributed by atoms with Crippen LogP contribution in [-0.4, -0.2) is 54.5 Å². The average Bonchev–Trinajstić information content (AvgIpc) is 3.04. The van der Waals surface area contributed by atoms with E-state index in [0.717, 1.165) is 42.5 Å². The van der Waals surface area contributed by atoms with Gasteiger partial charge in [-0.05, 0) is 70.0 Å². The van der Waals surface area contributed by atoms with E-state index in [4.69, 9.17) is 4.99 Å². The highest BCUT2D eigenvalue weighted by atomic mass is 32.2. The number of hydrogen-bond donors (Lipinski definition) is 2. The summed E-state index contributed by atoms with van der Waals surface area (Å²) in [6.07, 6.45) is 6.12. The molecule has 5 nitrogen and oxygen atoms in total. The molecule has 0 aromatic heterocycles. The zero-order valence-electron chi connectivity index (χ0n) is 21.6. The van der Waals surface area contributed by atoms with Crippen LogP contribution in [0.1, 0.15) is 62.6 Å². The van der Waals surface area contributed by atoms with Crippen molar-refractivity contribution in [2.45, 2.75) is 75.9 Å². The van der Waals surface area contributed by atoms with Crippen molar-refractivity contribution in [3.8, 4) is 0 Å². The molecule has 1 heterocycles. The summed E-state index contributed by atoms with van der Waals surface area (Å²) in [5.74, 6) is 2.01. The van der Waals surface area contributed by atoms with Crippen LogP contribution in [-0.2, 0) is 6.54 Å². The lowest BCUT2D eigenvalue weighted by Crippen LogP contribution is -2.60. The van der Waals surface area contributed by atoms with E-state index in [1.54, 1.807) is 0 Å². The van der Waals surface area contributed by atoms with Crippen LogP contribution < -0.4 is 10.6 Å². The third-order valence-electron chi connectivity index (χ3n) is 7.22. The van der Waals surface area contributed by atoms with Gasteiger partial charge in [0, 0.05) is 47.4 Å². The van der Waals surface area contributed by atoms with Gasteiger partial charge in [-0.3, -0.25) is 14.9 Å². The van der Waals surface area contributed by atoms with E-state index in [-0.39, 0.29) is 5.54 Å². The van der Waals surface area contributed by atoms with Gasteiger partial charge in [-0.15, -0.1) is 11.8 Å². The molecule has 188 valence electrons. The van der Waals surface area contributed by atoms with Crippen LogP contribution in [0.3, 0.4) is 0 Å². The Kier molecular flexibility index (Phi) is 9.04. The first-order valence-corrected chi connectivity index (χ1v) is 14.1. The number of nitrogens with zero attached hydrogens (tertiary/aromatic N) is 3. The molecule has 2 aromatic carbocycles. The summed E-state index contributed by atoms with van der Waals surface area (Å²) in [5, 5.41) is 7.71. The predicted molar refractivity (Wildman–Crippen MR) is 151 cm³/mol. The third-order valence-corrected chi connectivity index (χ3v) is 8.31.